The van der Waals surface area contributed by atoms with E-state index in [1.54, 1.807) is 7.11 Å². The van der Waals surface area contributed by atoms with Crippen molar-refractivity contribution in [2.24, 2.45) is 0 Å². The second-order valence-corrected chi connectivity index (χ2v) is 3.80. The van der Waals surface area contributed by atoms with Crippen molar-refractivity contribution in [2.45, 2.75) is 17.7 Å². The summed E-state index contributed by atoms with van der Waals surface area (Å²) < 4.78 is 4.38. The van der Waals surface area contributed by atoms with Gasteiger partial charge in [0.05, 0.1) is 6.07 Å². The van der Waals surface area contributed by atoms with Gasteiger partial charge in [0, 0.05) is 13.7 Å². The van der Waals surface area contributed by atoms with Crippen molar-refractivity contribution in [3.8, 4) is 6.07 Å². The molecule has 0 saturated heterocycles. The SMILES string of the molecule is COCCC(C)(Br)C#N. The number of hydrogen-bond acceptors (Lipinski definition) is 2. The van der Waals surface area contributed by atoms with Crippen LogP contribution in [0.3, 0.4) is 0 Å². The topological polar surface area (TPSA) is 33.0 Å². The van der Waals surface area contributed by atoms with Gasteiger partial charge in [0.2, 0.25) is 0 Å². The van der Waals surface area contributed by atoms with Gasteiger partial charge in [-0.25, -0.2) is 0 Å². The highest BCUT2D eigenvalue weighted by atomic mass is 79.9. The Bertz CT molecular complexity index is 117. The predicted octanol–water partition coefficient (Wildman–Crippen LogP) is 1.70. The van der Waals surface area contributed by atoms with Crippen molar-refractivity contribution in [3.05, 3.63) is 0 Å². The summed E-state index contributed by atoms with van der Waals surface area (Å²) in [7, 11) is 1.63. The van der Waals surface area contributed by atoms with Crippen molar-refractivity contribution < 1.29 is 4.74 Å². The number of alkyl halides is 1. The number of ether oxygens (including phenoxy) is 1. The Kier molecular flexibility index (Phi) is 3.83. The van der Waals surface area contributed by atoms with Gasteiger partial charge < -0.3 is 4.74 Å². The standard InChI is InChI=1S/C6H10BrNO/c1-6(7,5-8)3-4-9-2/h3-4H2,1-2H3. The minimum atomic E-state index is -0.414. The van der Waals surface area contributed by atoms with Crippen molar-refractivity contribution in [2.75, 3.05) is 13.7 Å². The van der Waals surface area contributed by atoms with Gasteiger partial charge in [-0.15, -0.1) is 0 Å². The van der Waals surface area contributed by atoms with E-state index in [0.29, 0.717) is 6.61 Å². The van der Waals surface area contributed by atoms with Crippen molar-refractivity contribution in [1.82, 2.24) is 0 Å². The van der Waals surface area contributed by atoms with E-state index < -0.39 is 4.32 Å². The molecule has 0 heterocycles. The summed E-state index contributed by atoms with van der Waals surface area (Å²) in [5, 5.41) is 8.47. The molecule has 0 aromatic carbocycles. The zero-order valence-electron chi connectivity index (χ0n) is 5.65. The van der Waals surface area contributed by atoms with E-state index >= 15 is 0 Å². The minimum absolute atomic E-state index is 0.414. The van der Waals surface area contributed by atoms with E-state index in [2.05, 4.69) is 22.0 Å². The van der Waals surface area contributed by atoms with Gasteiger partial charge >= 0.3 is 0 Å². The quantitative estimate of drug-likeness (QED) is 0.637. The molecule has 0 fully saturated rings. The van der Waals surface area contributed by atoms with Gasteiger partial charge in [0.15, 0.2) is 0 Å². The molecule has 0 aliphatic carbocycles. The van der Waals surface area contributed by atoms with Gasteiger partial charge in [-0.2, -0.15) is 5.26 Å². The summed E-state index contributed by atoms with van der Waals surface area (Å²) in [5.41, 5.74) is 0. The Morgan fingerprint density at radius 1 is 1.78 bits per heavy atom. The molecule has 0 aliphatic heterocycles. The predicted molar refractivity (Wildman–Crippen MR) is 39.4 cm³/mol. The third-order valence-corrected chi connectivity index (χ3v) is 1.58. The molecule has 2 nitrogen and oxygen atoms in total. The maximum absolute atomic E-state index is 8.47. The second kappa shape index (κ2) is 3.86. The molecule has 1 atom stereocenters. The highest BCUT2D eigenvalue weighted by Crippen LogP contribution is 2.19. The van der Waals surface area contributed by atoms with Crippen LogP contribution in [-0.4, -0.2) is 18.0 Å². The summed E-state index contributed by atoms with van der Waals surface area (Å²) >= 11 is 3.24. The van der Waals surface area contributed by atoms with Crippen molar-refractivity contribution in [3.63, 3.8) is 0 Å². The summed E-state index contributed by atoms with van der Waals surface area (Å²) in [6.45, 7) is 2.45. The molecule has 0 rings (SSSR count). The molecule has 0 aliphatic rings. The van der Waals surface area contributed by atoms with Crippen molar-refractivity contribution in [1.29, 1.82) is 5.26 Å². The first-order chi connectivity index (χ1) is 4.12. The van der Waals surface area contributed by atoms with Crippen LogP contribution in [0.5, 0.6) is 0 Å². The summed E-state index contributed by atoms with van der Waals surface area (Å²) in [6, 6.07) is 2.11. The lowest BCUT2D eigenvalue weighted by Crippen LogP contribution is -2.14. The Labute approximate surface area is 63.9 Å². The van der Waals surface area contributed by atoms with E-state index in [4.69, 9.17) is 10.00 Å². The molecule has 0 bridgehead atoms. The van der Waals surface area contributed by atoms with E-state index in [9.17, 15) is 0 Å². The molecular weight excluding hydrogens is 182 g/mol. The lowest BCUT2D eigenvalue weighted by molar-refractivity contribution is 0.191. The van der Waals surface area contributed by atoms with Crippen LogP contribution in [0.25, 0.3) is 0 Å². The summed E-state index contributed by atoms with van der Waals surface area (Å²) in [4.78, 5) is 0. The molecule has 0 radical (unpaired) electrons. The summed E-state index contributed by atoms with van der Waals surface area (Å²) in [5.74, 6) is 0. The Morgan fingerprint density at radius 2 is 2.33 bits per heavy atom. The number of rotatable bonds is 3. The average Bonchev–Trinajstić information content (AvgIpc) is 1.84. The molecule has 0 N–H and O–H groups in total. The molecule has 0 saturated carbocycles. The number of nitrogens with zero attached hydrogens (tertiary/aromatic N) is 1. The molecule has 0 aromatic heterocycles. The average molecular weight is 192 g/mol. The number of methoxy groups -OCH3 is 1. The molecule has 0 spiro atoms. The van der Waals surface area contributed by atoms with Gasteiger partial charge in [-0.3, -0.25) is 0 Å². The lowest BCUT2D eigenvalue weighted by atomic mass is 10.1. The van der Waals surface area contributed by atoms with Crippen LogP contribution in [0.15, 0.2) is 0 Å². The third-order valence-electron chi connectivity index (χ3n) is 1.01. The fourth-order valence-corrected chi connectivity index (χ4v) is 0.512. The van der Waals surface area contributed by atoms with Crippen LogP contribution < -0.4 is 0 Å². The van der Waals surface area contributed by atoms with E-state index in [0.717, 1.165) is 6.42 Å². The summed E-state index contributed by atoms with van der Waals surface area (Å²) in [6.07, 6.45) is 0.722. The largest absolute Gasteiger partial charge is 0.385 e. The normalized spacial score (nSPS) is 16.2. The van der Waals surface area contributed by atoms with Gasteiger partial charge in [0.25, 0.3) is 0 Å². The number of nitriles is 1. The first-order valence-corrected chi connectivity index (χ1v) is 3.51. The van der Waals surface area contributed by atoms with Crippen LogP contribution in [0.4, 0.5) is 0 Å². The number of hydrogen-bond donors (Lipinski definition) is 0. The van der Waals surface area contributed by atoms with Crippen LogP contribution in [0.1, 0.15) is 13.3 Å². The van der Waals surface area contributed by atoms with Crippen LogP contribution in [0, 0.1) is 11.3 Å². The van der Waals surface area contributed by atoms with Crippen LogP contribution in [-0.2, 0) is 4.74 Å². The smallest absolute Gasteiger partial charge is 0.111 e. The Balaban J connectivity index is 3.49. The van der Waals surface area contributed by atoms with Gasteiger partial charge in [-0.05, 0) is 13.3 Å². The monoisotopic (exact) mass is 191 g/mol. The molecule has 52 valence electrons. The highest BCUT2D eigenvalue weighted by molar-refractivity contribution is 9.10. The Morgan fingerprint density at radius 3 is 2.67 bits per heavy atom. The zero-order valence-corrected chi connectivity index (χ0v) is 7.23. The highest BCUT2D eigenvalue weighted by Gasteiger charge is 2.17. The van der Waals surface area contributed by atoms with E-state index in [1.165, 1.54) is 0 Å². The Hall–Kier alpha value is -0.0700. The lowest BCUT2D eigenvalue weighted by Gasteiger charge is -2.10. The van der Waals surface area contributed by atoms with Crippen LogP contribution in [0.2, 0.25) is 0 Å². The van der Waals surface area contributed by atoms with Crippen molar-refractivity contribution >= 4 is 15.9 Å². The molecule has 3 heteroatoms. The maximum Gasteiger partial charge on any atom is 0.111 e. The first-order valence-electron chi connectivity index (χ1n) is 2.71. The molecular formula is C6H10BrNO. The first kappa shape index (κ1) is 8.93. The van der Waals surface area contributed by atoms with Gasteiger partial charge in [-0.1, -0.05) is 15.9 Å². The van der Waals surface area contributed by atoms with E-state index in [-0.39, 0.29) is 0 Å². The number of halogens is 1. The zero-order chi connectivity index (χ0) is 7.33. The fourth-order valence-electron chi connectivity index (χ4n) is 0.350. The third kappa shape index (κ3) is 4.43. The molecule has 0 aromatic rings. The van der Waals surface area contributed by atoms with Gasteiger partial charge in [0.1, 0.15) is 4.32 Å². The van der Waals surface area contributed by atoms with E-state index in [1.807, 2.05) is 6.92 Å². The molecule has 9 heavy (non-hydrogen) atoms. The minimum Gasteiger partial charge on any atom is -0.385 e. The maximum atomic E-state index is 8.47. The molecule has 1 unspecified atom stereocenters. The fraction of sp³-hybridized carbons (Fsp3) is 0.833. The van der Waals surface area contributed by atoms with Crippen LogP contribution >= 0.6 is 15.9 Å². The second-order valence-electron chi connectivity index (χ2n) is 2.05. The molecule has 0 amide bonds.